The Morgan fingerprint density at radius 1 is 0.775 bits per heavy atom. The molecule has 0 aliphatic rings. The predicted octanol–water partition coefficient (Wildman–Crippen LogP) is -0.656. The number of carbonyl (C=O) groups is 3. The summed E-state index contributed by atoms with van der Waals surface area (Å²) in [5, 5.41) is 5.24. The standard InChI is InChI=1S/C26H38N8O5S/c27-16-8-7-14-20(24(36)33-22(23(28)35)18-10-3-1-4-11-18)32-25(37)21(15-9-17-31-26(29)30)34-40(38,39)19-12-5-2-6-13-19/h1-6,10-13,20-22,34H,7-9,14-17,27H2,(H2,28,35)(H,32,37)(H,33,36)(H4,29,30,31)/t20-,21-,22+/m0/s1. The van der Waals surface area contributed by atoms with Crippen LogP contribution in [0.2, 0.25) is 0 Å². The predicted molar refractivity (Wildman–Crippen MR) is 152 cm³/mol. The summed E-state index contributed by atoms with van der Waals surface area (Å²) in [4.78, 5) is 42.7. The van der Waals surface area contributed by atoms with Gasteiger partial charge in [0, 0.05) is 6.54 Å². The molecule has 0 radical (unpaired) electrons. The highest BCUT2D eigenvalue weighted by atomic mass is 32.2. The van der Waals surface area contributed by atoms with E-state index < -0.39 is 45.9 Å². The molecule has 0 saturated heterocycles. The lowest BCUT2D eigenvalue weighted by Crippen LogP contribution is -2.54. The molecular formula is C26H38N8O5S. The number of carbonyl (C=O) groups excluding carboxylic acids is 3. The molecule has 2 aromatic carbocycles. The molecular weight excluding hydrogens is 536 g/mol. The highest BCUT2D eigenvalue weighted by Gasteiger charge is 2.31. The van der Waals surface area contributed by atoms with Crippen molar-refractivity contribution in [1.29, 1.82) is 0 Å². The Balaban J connectivity index is 2.26. The van der Waals surface area contributed by atoms with E-state index in [0.29, 0.717) is 24.9 Å². The molecule has 0 fully saturated rings. The lowest BCUT2D eigenvalue weighted by atomic mass is 10.0. The number of nitrogens with one attached hydrogen (secondary N) is 3. The van der Waals surface area contributed by atoms with Gasteiger partial charge in [-0.1, -0.05) is 48.5 Å². The minimum Gasteiger partial charge on any atom is -0.370 e. The summed E-state index contributed by atoms with van der Waals surface area (Å²) in [5.41, 5.74) is 22.3. The number of hydrogen-bond acceptors (Lipinski definition) is 7. The van der Waals surface area contributed by atoms with Crippen LogP contribution in [0.3, 0.4) is 0 Å². The monoisotopic (exact) mass is 574 g/mol. The Kier molecular flexibility index (Phi) is 13.0. The van der Waals surface area contributed by atoms with Gasteiger partial charge in [0.2, 0.25) is 27.7 Å². The third-order valence-corrected chi connectivity index (χ3v) is 7.38. The second kappa shape index (κ2) is 16.2. The van der Waals surface area contributed by atoms with E-state index in [2.05, 4.69) is 20.3 Å². The maximum absolute atomic E-state index is 13.4. The van der Waals surface area contributed by atoms with Gasteiger partial charge in [-0.25, -0.2) is 8.42 Å². The number of guanidine groups is 1. The number of aliphatic imine (C=N–C) groups is 1. The molecule has 13 nitrogen and oxygen atoms in total. The van der Waals surface area contributed by atoms with E-state index in [1.807, 2.05) is 0 Å². The Morgan fingerprint density at radius 3 is 1.93 bits per heavy atom. The van der Waals surface area contributed by atoms with Crippen molar-refractivity contribution in [2.75, 3.05) is 13.1 Å². The van der Waals surface area contributed by atoms with Gasteiger partial charge in [0.25, 0.3) is 0 Å². The van der Waals surface area contributed by atoms with Gasteiger partial charge in [0.15, 0.2) is 5.96 Å². The van der Waals surface area contributed by atoms with Crippen molar-refractivity contribution in [3.05, 3.63) is 66.2 Å². The maximum Gasteiger partial charge on any atom is 0.244 e. The maximum atomic E-state index is 13.4. The van der Waals surface area contributed by atoms with Crippen LogP contribution in [0.1, 0.15) is 43.7 Å². The summed E-state index contributed by atoms with van der Waals surface area (Å²) in [7, 11) is -4.08. The van der Waals surface area contributed by atoms with Gasteiger partial charge in [-0.05, 0) is 56.3 Å². The second-order valence-electron chi connectivity index (χ2n) is 9.04. The van der Waals surface area contributed by atoms with E-state index in [-0.39, 0.29) is 36.7 Å². The normalized spacial score (nSPS) is 13.4. The number of amides is 3. The van der Waals surface area contributed by atoms with Crippen LogP contribution in [-0.4, -0.2) is 57.3 Å². The van der Waals surface area contributed by atoms with Crippen molar-refractivity contribution in [1.82, 2.24) is 15.4 Å². The summed E-state index contributed by atoms with van der Waals surface area (Å²) in [6, 6.07) is 12.5. The van der Waals surface area contributed by atoms with Gasteiger partial charge < -0.3 is 33.6 Å². The molecule has 2 rings (SSSR count). The molecule has 218 valence electrons. The molecule has 0 aromatic heterocycles. The highest BCUT2D eigenvalue weighted by molar-refractivity contribution is 7.89. The van der Waals surface area contributed by atoms with Crippen LogP contribution in [0.4, 0.5) is 0 Å². The number of unbranched alkanes of at least 4 members (excludes halogenated alkanes) is 1. The van der Waals surface area contributed by atoms with Crippen LogP contribution in [-0.2, 0) is 24.4 Å². The summed E-state index contributed by atoms with van der Waals surface area (Å²) in [5.74, 6) is -2.29. The van der Waals surface area contributed by atoms with E-state index >= 15 is 0 Å². The third-order valence-electron chi connectivity index (χ3n) is 5.90. The van der Waals surface area contributed by atoms with Crippen molar-refractivity contribution in [2.24, 2.45) is 27.9 Å². The average molecular weight is 575 g/mol. The van der Waals surface area contributed by atoms with E-state index in [9.17, 15) is 22.8 Å². The fourth-order valence-corrected chi connectivity index (χ4v) is 5.09. The first-order chi connectivity index (χ1) is 19.0. The van der Waals surface area contributed by atoms with Gasteiger partial charge in [0.1, 0.15) is 18.1 Å². The molecule has 0 unspecified atom stereocenters. The fraction of sp³-hybridized carbons (Fsp3) is 0.385. The molecule has 40 heavy (non-hydrogen) atoms. The molecule has 0 bridgehead atoms. The van der Waals surface area contributed by atoms with Gasteiger partial charge in [-0.15, -0.1) is 0 Å². The number of rotatable bonds is 17. The Morgan fingerprint density at radius 2 is 1.35 bits per heavy atom. The molecule has 14 heteroatoms. The molecule has 2 aromatic rings. The van der Waals surface area contributed by atoms with Gasteiger partial charge in [0.05, 0.1) is 4.90 Å². The molecule has 0 heterocycles. The summed E-state index contributed by atoms with van der Waals surface area (Å²) in [6.07, 6.45) is 1.59. The second-order valence-corrected chi connectivity index (χ2v) is 10.8. The summed E-state index contributed by atoms with van der Waals surface area (Å²) < 4.78 is 28.4. The molecule has 0 saturated carbocycles. The van der Waals surface area contributed by atoms with Crippen LogP contribution in [0.25, 0.3) is 0 Å². The number of nitrogens with two attached hydrogens (primary N) is 4. The van der Waals surface area contributed by atoms with Crippen molar-refractivity contribution in [3.8, 4) is 0 Å². The number of nitrogens with zero attached hydrogens (tertiary/aromatic N) is 1. The first kappa shape index (κ1) is 32.2. The quantitative estimate of drug-likeness (QED) is 0.0725. The van der Waals surface area contributed by atoms with Crippen LogP contribution in [0.5, 0.6) is 0 Å². The van der Waals surface area contributed by atoms with Crippen molar-refractivity contribution in [2.45, 2.75) is 55.1 Å². The lowest BCUT2D eigenvalue weighted by molar-refractivity contribution is -0.132. The molecule has 0 spiro atoms. The van der Waals surface area contributed by atoms with Gasteiger partial charge in [-0.3, -0.25) is 19.4 Å². The van der Waals surface area contributed by atoms with Crippen molar-refractivity contribution < 1.29 is 22.8 Å². The topological polar surface area (TPSA) is 238 Å². The lowest BCUT2D eigenvalue weighted by Gasteiger charge is -2.25. The van der Waals surface area contributed by atoms with E-state index in [1.165, 1.54) is 12.1 Å². The molecule has 3 atom stereocenters. The number of hydrogen-bond donors (Lipinski definition) is 7. The first-order valence-corrected chi connectivity index (χ1v) is 14.3. The summed E-state index contributed by atoms with van der Waals surface area (Å²) >= 11 is 0. The Labute approximate surface area is 234 Å². The van der Waals surface area contributed by atoms with Crippen LogP contribution in [0.15, 0.2) is 70.6 Å². The smallest absolute Gasteiger partial charge is 0.244 e. The summed E-state index contributed by atoms with van der Waals surface area (Å²) in [6.45, 7) is 0.539. The number of sulfonamides is 1. The first-order valence-electron chi connectivity index (χ1n) is 12.8. The van der Waals surface area contributed by atoms with E-state index in [1.54, 1.807) is 48.5 Å². The zero-order valence-electron chi connectivity index (χ0n) is 22.2. The van der Waals surface area contributed by atoms with Crippen molar-refractivity contribution in [3.63, 3.8) is 0 Å². The van der Waals surface area contributed by atoms with E-state index in [0.717, 1.165) is 0 Å². The number of benzene rings is 2. The molecule has 0 aliphatic carbocycles. The minimum atomic E-state index is -4.08. The van der Waals surface area contributed by atoms with Gasteiger partial charge >= 0.3 is 0 Å². The van der Waals surface area contributed by atoms with Gasteiger partial charge in [-0.2, -0.15) is 4.72 Å². The molecule has 3 amide bonds. The Hall–Kier alpha value is -4.01. The van der Waals surface area contributed by atoms with Crippen LogP contribution < -0.4 is 38.3 Å². The minimum absolute atomic E-state index is 0.0265. The third kappa shape index (κ3) is 10.6. The zero-order chi connectivity index (χ0) is 29.5. The van der Waals surface area contributed by atoms with Crippen LogP contribution >= 0.6 is 0 Å². The average Bonchev–Trinajstić information content (AvgIpc) is 2.93. The Bertz CT molecular complexity index is 1240. The zero-order valence-corrected chi connectivity index (χ0v) is 23.0. The highest BCUT2D eigenvalue weighted by Crippen LogP contribution is 2.14. The van der Waals surface area contributed by atoms with Crippen LogP contribution in [0, 0.1) is 0 Å². The van der Waals surface area contributed by atoms with E-state index in [4.69, 9.17) is 22.9 Å². The number of primary amides is 1. The SMILES string of the molecule is NCCCC[C@H](NC(=O)[C@H](CCCN=C(N)N)NS(=O)(=O)c1ccccc1)C(=O)N[C@@H](C(N)=O)c1ccccc1. The largest absolute Gasteiger partial charge is 0.370 e. The molecule has 0 aliphatic heterocycles. The van der Waals surface area contributed by atoms with Crippen molar-refractivity contribution >= 4 is 33.7 Å². The fourth-order valence-electron chi connectivity index (χ4n) is 3.84. The molecule has 11 N–H and O–H groups in total.